The number of carbonyl (C=O) groups is 1. The maximum Gasteiger partial charge on any atom is 0.251 e. The fourth-order valence-corrected chi connectivity index (χ4v) is 3.44. The number of nitrogens with one attached hydrogen (secondary N) is 1. The van der Waals surface area contributed by atoms with Crippen molar-refractivity contribution in [2.45, 2.75) is 33.7 Å². The summed E-state index contributed by atoms with van der Waals surface area (Å²) < 4.78 is 2.11. The number of carbonyl (C=O) groups excluding carboxylic acids is 1. The van der Waals surface area contributed by atoms with E-state index in [0.29, 0.717) is 18.2 Å². The Morgan fingerprint density at radius 2 is 1.93 bits per heavy atom. The number of amides is 1. The summed E-state index contributed by atoms with van der Waals surface area (Å²) in [6.45, 7) is 10.9. The number of hydrogen-bond donors (Lipinski definition) is 1. The standard InChI is InChI=1S/C22H28N4O/c1-5-25(16(2)3)14-13-23-22(27)18-11-12-21-20(15-18)24-17(4)26(21)19-9-7-6-8-10-19/h6-12,15-16H,5,13-14H2,1-4H3,(H,23,27). The SMILES string of the molecule is CCN(CCNC(=O)c1ccc2c(c1)nc(C)n2-c1ccccc1)C(C)C. The maximum atomic E-state index is 12.5. The molecule has 5 heteroatoms. The number of imidazole rings is 1. The third-order valence-electron chi connectivity index (χ3n) is 4.92. The van der Waals surface area contributed by atoms with Crippen molar-refractivity contribution in [3.8, 4) is 5.69 Å². The third kappa shape index (κ3) is 4.19. The number of para-hydroxylation sites is 1. The molecule has 3 rings (SSSR count). The van der Waals surface area contributed by atoms with E-state index >= 15 is 0 Å². The van der Waals surface area contributed by atoms with Crippen LogP contribution in [0.4, 0.5) is 0 Å². The molecule has 0 aliphatic heterocycles. The van der Waals surface area contributed by atoms with Crippen molar-refractivity contribution >= 4 is 16.9 Å². The van der Waals surface area contributed by atoms with E-state index in [1.54, 1.807) is 0 Å². The average molecular weight is 364 g/mol. The van der Waals surface area contributed by atoms with Gasteiger partial charge in [-0.2, -0.15) is 0 Å². The summed E-state index contributed by atoms with van der Waals surface area (Å²) >= 11 is 0. The Kier molecular flexibility index (Phi) is 5.91. The molecular formula is C22H28N4O. The minimum atomic E-state index is -0.0522. The third-order valence-corrected chi connectivity index (χ3v) is 4.92. The minimum Gasteiger partial charge on any atom is -0.351 e. The normalized spacial score (nSPS) is 11.5. The number of fused-ring (bicyclic) bond motifs is 1. The first-order valence-electron chi connectivity index (χ1n) is 9.58. The monoisotopic (exact) mass is 364 g/mol. The summed E-state index contributed by atoms with van der Waals surface area (Å²) in [5, 5.41) is 3.02. The number of benzene rings is 2. The van der Waals surface area contributed by atoms with Crippen LogP contribution >= 0.6 is 0 Å². The van der Waals surface area contributed by atoms with Crippen LogP contribution in [0.15, 0.2) is 48.5 Å². The fraction of sp³-hybridized carbons (Fsp3) is 0.364. The van der Waals surface area contributed by atoms with Crippen molar-refractivity contribution in [2.75, 3.05) is 19.6 Å². The molecule has 0 saturated carbocycles. The highest BCUT2D eigenvalue weighted by molar-refractivity contribution is 5.97. The molecule has 142 valence electrons. The lowest BCUT2D eigenvalue weighted by molar-refractivity contribution is 0.0946. The quantitative estimate of drug-likeness (QED) is 0.694. The summed E-state index contributed by atoms with van der Waals surface area (Å²) in [4.78, 5) is 19.5. The van der Waals surface area contributed by atoms with E-state index in [0.717, 1.165) is 35.6 Å². The van der Waals surface area contributed by atoms with E-state index in [9.17, 15) is 4.79 Å². The first-order chi connectivity index (χ1) is 13.0. The number of aromatic nitrogens is 2. The summed E-state index contributed by atoms with van der Waals surface area (Å²) in [5.74, 6) is 0.855. The Morgan fingerprint density at radius 3 is 2.59 bits per heavy atom. The lowest BCUT2D eigenvalue weighted by Gasteiger charge is -2.24. The zero-order chi connectivity index (χ0) is 19.4. The largest absolute Gasteiger partial charge is 0.351 e. The van der Waals surface area contributed by atoms with Crippen LogP contribution in [0.3, 0.4) is 0 Å². The van der Waals surface area contributed by atoms with Gasteiger partial charge >= 0.3 is 0 Å². The van der Waals surface area contributed by atoms with Gasteiger partial charge in [-0.3, -0.25) is 14.3 Å². The number of likely N-dealkylation sites (N-methyl/N-ethyl adjacent to an activating group) is 1. The molecular weight excluding hydrogens is 336 g/mol. The molecule has 0 fully saturated rings. The molecule has 1 amide bonds. The molecule has 5 nitrogen and oxygen atoms in total. The van der Waals surface area contributed by atoms with E-state index in [4.69, 9.17) is 0 Å². The smallest absolute Gasteiger partial charge is 0.251 e. The van der Waals surface area contributed by atoms with Gasteiger partial charge in [-0.1, -0.05) is 25.1 Å². The molecule has 1 aromatic heterocycles. The Bertz CT molecular complexity index is 915. The molecule has 0 spiro atoms. The lowest BCUT2D eigenvalue weighted by Crippen LogP contribution is -2.38. The topological polar surface area (TPSA) is 50.2 Å². The van der Waals surface area contributed by atoms with Crippen molar-refractivity contribution in [1.29, 1.82) is 0 Å². The van der Waals surface area contributed by atoms with Gasteiger partial charge in [-0.15, -0.1) is 0 Å². The number of hydrogen-bond acceptors (Lipinski definition) is 3. The zero-order valence-electron chi connectivity index (χ0n) is 16.6. The van der Waals surface area contributed by atoms with E-state index in [2.05, 4.69) is 52.7 Å². The second kappa shape index (κ2) is 8.35. The fourth-order valence-electron chi connectivity index (χ4n) is 3.44. The summed E-state index contributed by atoms with van der Waals surface area (Å²) in [5.41, 5.74) is 3.56. The first-order valence-corrected chi connectivity index (χ1v) is 9.58. The molecule has 0 radical (unpaired) electrons. The zero-order valence-corrected chi connectivity index (χ0v) is 16.6. The van der Waals surface area contributed by atoms with Gasteiger partial charge < -0.3 is 5.32 Å². The molecule has 2 aromatic carbocycles. The van der Waals surface area contributed by atoms with Crippen molar-refractivity contribution in [3.63, 3.8) is 0 Å². The molecule has 0 unspecified atom stereocenters. The molecule has 0 saturated heterocycles. The summed E-state index contributed by atoms with van der Waals surface area (Å²) in [7, 11) is 0. The molecule has 1 heterocycles. The Balaban J connectivity index is 1.76. The second-order valence-corrected chi connectivity index (χ2v) is 7.01. The van der Waals surface area contributed by atoms with Crippen LogP contribution in [-0.4, -0.2) is 46.0 Å². The summed E-state index contributed by atoms with van der Waals surface area (Å²) in [6.07, 6.45) is 0. The average Bonchev–Trinajstić information content (AvgIpc) is 3.00. The van der Waals surface area contributed by atoms with Crippen LogP contribution in [-0.2, 0) is 0 Å². The van der Waals surface area contributed by atoms with Gasteiger partial charge in [0.05, 0.1) is 11.0 Å². The van der Waals surface area contributed by atoms with E-state index < -0.39 is 0 Å². The van der Waals surface area contributed by atoms with E-state index in [1.165, 1.54) is 0 Å². The molecule has 0 aliphatic rings. The minimum absolute atomic E-state index is 0.0522. The van der Waals surface area contributed by atoms with E-state index in [1.807, 2.05) is 43.3 Å². The van der Waals surface area contributed by atoms with Gasteiger partial charge in [-0.25, -0.2) is 4.98 Å². The van der Waals surface area contributed by atoms with E-state index in [-0.39, 0.29) is 5.91 Å². The van der Waals surface area contributed by atoms with Crippen molar-refractivity contribution in [3.05, 3.63) is 59.9 Å². The van der Waals surface area contributed by atoms with Gasteiger partial charge in [0.15, 0.2) is 0 Å². The van der Waals surface area contributed by atoms with Gasteiger partial charge in [-0.05, 0) is 57.6 Å². The van der Waals surface area contributed by atoms with Gasteiger partial charge in [0.2, 0.25) is 0 Å². The van der Waals surface area contributed by atoms with Crippen LogP contribution in [0, 0.1) is 6.92 Å². The molecule has 1 N–H and O–H groups in total. The van der Waals surface area contributed by atoms with Crippen molar-refractivity contribution in [2.24, 2.45) is 0 Å². The molecule has 27 heavy (non-hydrogen) atoms. The molecule has 0 atom stereocenters. The Labute approximate surface area is 161 Å². The number of rotatable bonds is 7. The summed E-state index contributed by atoms with van der Waals surface area (Å²) in [6, 6.07) is 16.3. The maximum absolute atomic E-state index is 12.5. The van der Waals surface area contributed by atoms with Gasteiger partial charge in [0.25, 0.3) is 5.91 Å². The Hall–Kier alpha value is -2.66. The Morgan fingerprint density at radius 1 is 1.19 bits per heavy atom. The second-order valence-electron chi connectivity index (χ2n) is 7.01. The molecule has 3 aromatic rings. The van der Waals surface area contributed by atoms with Crippen LogP contribution in [0.25, 0.3) is 16.7 Å². The van der Waals surface area contributed by atoms with Gasteiger partial charge in [0, 0.05) is 30.4 Å². The molecule has 0 aliphatic carbocycles. The first kappa shape index (κ1) is 19.1. The van der Waals surface area contributed by atoms with Crippen molar-refractivity contribution < 1.29 is 4.79 Å². The number of nitrogens with zero attached hydrogens (tertiary/aromatic N) is 3. The highest BCUT2D eigenvalue weighted by atomic mass is 16.1. The van der Waals surface area contributed by atoms with Crippen LogP contribution in [0.2, 0.25) is 0 Å². The predicted molar refractivity (Wildman–Crippen MR) is 111 cm³/mol. The van der Waals surface area contributed by atoms with Gasteiger partial charge in [0.1, 0.15) is 5.82 Å². The van der Waals surface area contributed by atoms with Crippen LogP contribution in [0.5, 0.6) is 0 Å². The lowest BCUT2D eigenvalue weighted by atomic mass is 10.2. The van der Waals surface area contributed by atoms with Crippen LogP contribution in [0.1, 0.15) is 37.0 Å². The predicted octanol–water partition coefficient (Wildman–Crippen LogP) is 3.79. The highest BCUT2D eigenvalue weighted by Gasteiger charge is 2.13. The number of aryl methyl sites for hydroxylation is 1. The molecule has 0 bridgehead atoms. The highest BCUT2D eigenvalue weighted by Crippen LogP contribution is 2.22. The van der Waals surface area contributed by atoms with Crippen molar-refractivity contribution in [1.82, 2.24) is 19.8 Å². The van der Waals surface area contributed by atoms with Crippen LogP contribution < -0.4 is 5.32 Å².